The number of nitro groups is 1. The highest BCUT2D eigenvalue weighted by atomic mass is 16.6. The number of nitrogens with zero attached hydrogens (tertiary/aromatic N) is 2. The molecule has 0 aliphatic carbocycles. The maximum Gasteiger partial charge on any atom is 0.413 e. The molecule has 3 rings (SSSR count). The van der Waals surface area contributed by atoms with Crippen molar-refractivity contribution in [2.45, 2.75) is 26.3 Å². The number of rotatable bonds is 3. The number of fused-ring (bicyclic) bond motifs is 1. The van der Waals surface area contributed by atoms with E-state index in [0.29, 0.717) is 27.9 Å². The number of hydrogen-bond acceptors (Lipinski definition) is 5. The van der Waals surface area contributed by atoms with Gasteiger partial charge in [0.05, 0.1) is 21.5 Å². The second-order valence-electron chi connectivity index (χ2n) is 7.09. The smallest absolute Gasteiger partial charge is 0.410 e. The summed E-state index contributed by atoms with van der Waals surface area (Å²) >= 11 is 0. The first-order chi connectivity index (χ1) is 12.7. The van der Waals surface area contributed by atoms with Gasteiger partial charge in [-0.25, -0.2) is 9.78 Å². The molecule has 7 heteroatoms. The van der Waals surface area contributed by atoms with E-state index in [1.807, 2.05) is 20.8 Å². The van der Waals surface area contributed by atoms with E-state index < -0.39 is 16.6 Å². The van der Waals surface area contributed by atoms with Crippen molar-refractivity contribution in [3.05, 3.63) is 64.7 Å². The van der Waals surface area contributed by atoms with E-state index >= 15 is 0 Å². The largest absolute Gasteiger partial charge is 0.413 e. The van der Waals surface area contributed by atoms with Gasteiger partial charge in [-0.3, -0.25) is 10.1 Å². The third-order valence-corrected chi connectivity index (χ3v) is 3.73. The normalized spacial score (nSPS) is 11.2. The molecular weight excluding hydrogens is 346 g/mol. The quantitative estimate of drug-likeness (QED) is 0.536. The van der Waals surface area contributed by atoms with Crippen LogP contribution >= 0.6 is 0 Å². The predicted molar refractivity (Wildman–Crippen MR) is 103 cm³/mol. The van der Waals surface area contributed by atoms with Crippen molar-refractivity contribution in [3.63, 3.8) is 0 Å². The number of para-hydroxylation sites is 1. The van der Waals surface area contributed by atoms with Crippen LogP contribution in [0.5, 0.6) is 5.75 Å². The van der Waals surface area contributed by atoms with Gasteiger partial charge in [0, 0.05) is 17.2 Å². The molecule has 2 aromatic carbocycles. The highest BCUT2D eigenvalue weighted by Gasteiger charge is 2.17. The second kappa shape index (κ2) is 7.03. The lowest BCUT2D eigenvalue weighted by molar-refractivity contribution is -0.383. The van der Waals surface area contributed by atoms with Crippen molar-refractivity contribution in [3.8, 4) is 17.0 Å². The summed E-state index contributed by atoms with van der Waals surface area (Å²) in [5.41, 5.74) is 1.32. The topological polar surface area (TPSA) is 94.4 Å². The van der Waals surface area contributed by atoms with Crippen LogP contribution in [0.3, 0.4) is 0 Å². The third-order valence-electron chi connectivity index (χ3n) is 3.73. The number of benzene rings is 2. The summed E-state index contributed by atoms with van der Waals surface area (Å²) in [5, 5.41) is 14.6. The van der Waals surface area contributed by atoms with Crippen LogP contribution in [0.25, 0.3) is 22.2 Å². The number of amides is 1. The zero-order chi connectivity index (χ0) is 19.6. The zero-order valence-corrected chi connectivity index (χ0v) is 15.2. The van der Waals surface area contributed by atoms with Crippen LogP contribution in [0.2, 0.25) is 0 Å². The number of hydrogen-bond donors (Lipinski definition) is 1. The van der Waals surface area contributed by atoms with E-state index in [9.17, 15) is 14.9 Å². The van der Waals surface area contributed by atoms with Crippen molar-refractivity contribution in [1.29, 1.82) is 0 Å². The number of aromatic nitrogens is 1. The van der Waals surface area contributed by atoms with E-state index in [1.165, 1.54) is 6.07 Å². The number of carbonyl (C=O) groups excluding carboxylic acids is 1. The predicted octanol–water partition coefficient (Wildman–Crippen LogP) is 4.70. The molecular formula is C20H19N3O4. The van der Waals surface area contributed by atoms with E-state index in [1.54, 1.807) is 48.5 Å². The summed E-state index contributed by atoms with van der Waals surface area (Å²) in [6, 6.07) is 15.1. The molecule has 0 saturated carbocycles. The van der Waals surface area contributed by atoms with Gasteiger partial charge in [-0.15, -0.1) is 0 Å². The van der Waals surface area contributed by atoms with E-state index in [0.717, 1.165) is 0 Å². The first kappa shape index (κ1) is 18.3. The Balaban J connectivity index is 1.89. The fourth-order valence-corrected chi connectivity index (χ4v) is 2.59. The maximum absolute atomic E-state index is 11.8. The van der Waals surface area contributed by atoms with Crippen molar-refractivity contribution in [2.24, 2.45) is 0 Å². The number of pyridine rings is 1. The molecule has 138 valence electrons. The van der Waals surface area contributed by atoms with Crippen LogP contribution in [0.1, 0.15) is 20.8 Å². The van der Waals surface area contributed by atoms with Gasteiger partial charge in [-0.2, -0.15) is 0 Å². The van der Waals surface area contributed by atoms with Crippen LogP contribution in [0.4, 0.5) is 10.5 Å². The minimum atomic E-state index is -0.547. The summed E-state index contributed by atoms with van der Waals surface area (Å²) in [5.74, 6) is 0.371. The average molecular weight is 365 g/mol. The van der Waals surface area contributed by atoms with E-state index in [4.69, 9.17) is 4.74 Å². The molecule has 0 saturated heterocycles. The van der Waals surface area contributed by atoms with Crippen molar-refractivity contribution in [1.82, 2.24) is 10.3 Å². The molecule has 0 atom stereocenters. The highest BCUT2D eigenvalue weighted by molar-refractivity contribution is 5.90. The molecule has 1 amide bonds. The van der Waals surface area contributed by atoms with Crippen LogP contribution in [-0.2, 0) is 0 Å². The van der Waals surface area contributed by atoms with Gasteiger partial charge in [0.25, 0.3) is 5.69 Å². The monoisotopic (exact) mass is 365 g/mol. The Hall–Kier alpha value is -3.48. The Bertz CT molecular complexity index is 1010. The molecule has 1 aromatic heterocycles. The lowest BCUT2D eigenvalue weighted by Gasteiger charge is -2.19. The molecule has 0 radical (unpaired) electrons. The zero-order valence-electron chi connectivity index (χ0n) is 15.2. The molecule has 3 aromatic rings. The molecule has 1 heterocycles. The van der Waals surface area contributed by atoms with Crippen molar-refractivity contribution >= 4 is 22.7 Å². The number of carbonyl (C=O) groups is 1. The van der Waals surface area contributed by atoms with Gasteiger partial charge < -0.3 is 10.1 Å². The Labute approximate surface area is 156 Å². The van der Waals surface area contributed by atoms with Crippen LogP contribution in [0.15, 0.2) is 54.6 Å². The van der Waals surface area contributed by atoms with Gasteiger partial charge in [-0.1, -0.05) is 12.1 Å². The highest BCUT2D eigenvalue weighted by Crippen LogP contribution is 2.30. The molecule has 27 heavy (non-hydrogen) atoms. The Morgan fingerprint density at radius 3 is 2.41 bits per heavy atom. The average Bonchev–Trinajstić information content (AvgIpc) is 2.59. The molecule has 0 fully saturated rings. The first-order valence-electron chi connectivity index (χ1n) is 8.37. The lowest BCUT2D eigenvalue weighted by Crippen LogP contribution is -2.42. The summed E-state index contributed by atoms with van der Waals surface area (Å²) in [7, 11) is 0. The van der Waals surface area contributed by atoms with Crippen molar-refractivity contribution < 1.29 is 14.5 Å². The van der Waals surface area contributed by atoms with Gasteiger partial charge in [0.15, 0.2) is 0 Å². The van der Waals surface area contributed by atoms with Crippen molar-refractivity contribution in [2.75, 3.05) is 0 Å². The third kappa shape index (κ3) is 4.38. The summed E-state index contributed by atoms with van der Waals surface area (Å²) < 4.78 is 5.23. The van der Waals surface area contributed by atoms with Crippen LogP contribution in [0, 0.1) is 10.1 Å². The molecule has 0 aliphatic heterocycles. The fraction of sp³-hybridized carbons (Fsp3) is 0.200. The van der Waals surface area contributed by atoms with Gasteiger partial charge in [0.1, 0.15) is 5.75 Å². The standard InChI is InChI=1S/C20H19N3O4/c1-20(2,3)22-19(24)27-14-10-8-13(9-11-14)17-12-18(23(25)26)15-6-4-5-7-16(15)21-17/h4-12H,1-3H3,(H,22,24). The Morgan fingerprint density at radius 1 is 1.11 bits per heavy atom. The number of ether oxygens (including phenoxy) is 1. The fourth-order valence-electron chi connectivity index (χ4n) is 2.59. The number of nitrogens with one attached hydrogen (secondary N) is 1. The van der Waals surface area contributed by atoms with Crippen LogP contribution in [-0.4, -0.2) is 21.5 Å². The van der Waals surface area contributed by atoms with Gasteiger partial charge >= 0.3 is 6.09 Å². The second-order valence-corrected chi connectivity index (χ2v) is 7.09. The molecule has 0 unspecified atom stereocenters. The molecule has 7 nitrogen and oxygen atoms in total. The van der Waals surface area contributed by atoms with E-state index in [-0.39, 0.29) is 5.69 Å². The SMILES string of the molecule is CC(C)(C)NC(=O)Oc1ccc(-c2cc([N+](=O)[O-])c3ccccc3n2)cc1. The summed E-state index contributed by atoms with van der Waals surface area (Å²) in [6.45, 7) is 5.57. The molecule has 0 spiro atoms. The molecule has 1 N–H and O–H groups in total. The Morgan fingerprint density at radius 2 is 1.78 bits per heavy atom. The first-order valence-corrected chi connectivity index (χ1v) is 8.37. The van der Waals surface area contributed by atoms with Gasteiger partial charge in [0.2, 0.25) is 0 Å². The minimum Gasteiger partial charge on any atom is -0.410 e. The molecule has 0 bridgehead atoms. The summed E-state index contributed by atoms with van der Waals surface area (Å²) in [4.78, 5) is 27.3. The Kier molecular flexibility index (Phi) is 4.77. The lowest BCUT2D eigenvalue weighted by atomic mass is 10.1. The molecule has 0 aliphatic rings. The minimum absolute atomic E-state index is 0.000446. The van der Waals surface area contributed by atoms with Crippen LogP contribution < -0.4 is 10.1 Å². The van der Waals surface area contributed by atoms with Gasteiger partial charge in [-0.05, 0) is 57.2 Å². The summed E-state index contributed by atoms with van der Waals surface area (Å²) in [6.07, 6.45) is -0.547. The maximum atomic E-state index is 11.8. The van der Waals surface area contributed by atoms with E-state index in [2.05, 4.69) is 10.3 Å².